The summed E-state index contributed by atoms with van der Waals surface area (Å²) in [5.41, 5.74) is 1.34. The first kappa shape index (κ1) is 9.39. The van der Waals surface area contributed by atoms with Gasteiger partial charge in [-0.05, 0) is 6.92 Å². The Hall–Kier alpha value is -2.17. The molecule has 1 heterocycles. The average Bonchev–Trinajstić information content (AvgIpc) is 2.65. The van der Waals surface area contributed by atoms with Gasteiger partial charge in [-0.15, -0.1) is 0 Å². The third-order valence-corrected chi connectivity index (χ3v) is 1.98. The van der Waals surface area contributed by atoms with Crippen molar-refractivity contribution in [1.82, 2.24) is 5.16 Å². The quantitative estimate of drug-likeness (QED) is 0.556. The molecule has 0 aliphatic rings. The molecular weight excluding hydrogens is 196 g/mol. The molecule has 0 unspecified atom stereocenters. The van der Waals surface area contributed by atoms with Gasteiger partial charge in [-0.2, -0.15) is 0 Å². The van der Waals surface area contributed by atoms with E-state index in [4.69, 9.17) is 4.52 Å². The Morgan fingerprint density at radius 2 is 2.20 bits per heavy atom. The third kappa shape index (κ3) is 1.85. The number of nitro groups is 1. The summed E-state index contributed by atoms with van der Waals surface area (Å²) in [4.78, 5) is 10.1. The molecule has 0 atom stereocenters. The van der Waals surface area contributed by atoms with E-state index in [2.05, 4.69) is 5.16 Å². The largest absolute Gasteiger partial charge is 0.361 e. The second kappa shape index (κ2) is 3.53. The van der Waals surface area contributed by atoms with Gasteiger partial charge in [0.25, 0.3) is 5.69 Å². The maximum Gasteiger partial charge on any atom is 0.270 e. The lowest BCUT2D eigenvalue weighted by atomic mass is 10.1. The van der Waals surface area contributed by atoms with E-state index in [0.717, 1.165) is 0 Å². The minimum Gasteiger partial charge on any atom is -0.361 e. The Bertz CT molecular complexity index is 505. The molecule has 5 heteroatoms. The van der Waals surface area contributed by atoms with Crippen molar-refractivity contribution in [3.05, 3.63) is 46.2 Å². The van der Waals surface area contributed by atoms with Crippen molar-refractivity contribution in [2.75, 3.05) is 0 Å². The summed E-state index contributed by atoms with van der Waals surface area (Å²) in [6.07, 6.45) is 0. The first-order valence-electron chi connectivity index (χ1n) is 4.35. The molecule has 0 fully saturated rings. The molecule has 0 radical (unpaired) electrons. The normalized spacial score (nSPS) is 10.2. The van der Waals surface area contributed by atoms with Crippen LogP contribution in [0.5, 0.6) is 0 Å². The molecule has 0 bridgehead atoms. The van der Waals surface area contributed by atoms with Crippen molar-refractivity contribution in [1.29, 1.82) is 0 Å². The van der Waals surface area contributed by atoms with Gasteiger partial charge >= 0.3 is 0 Å². The van der Waals surface area contributed by atoms with E-state index in [9.17, 15) is 10.1 Å². The maximum absolute atomic E-state index is 10.6. The summed E-state index contributed by atoms with van der Waals surface area (Å²) >= 11 is 0. The minimum atomic E-state index is -0.434. The number of aromatic nitrogens is 1. The highest BCUT2D eigenvalue weighted by molar-refractivity contribution is 5.62. The minimum absolute atomic E-state index is 0.0492. The zero-order valence-corrected chi connectivity index (χ0v) is 8.01. The van der Waals surface area contributed by atoms with Crippen molar-refractivity contribution < 1.29 is 9.45 Å². The van der Waals surface area contributed by atoms with Crippen molar-refractivity contribution >= 4 is 5.69 Å². The van der Waals surface area contributed by atoms with Crippen LogP contribution in [0, 0.1) is 17.0 Å². The monoisotopic (exact) mass is 204 g/mol. The van der Waals surface area contributed by atoms with E-state index in [-0.39, 0.29) is 5.69 Å². The van der Waals surface area contributed by atoms with E-state index in [0.29, 0.717) is 17.0 Å². The van der Waals surface area contributed by atoms with Crippen molar-refractivity contribution in [2.24, 2.45) is 0 Å². The van der Waals surface area contributed by atoms with Gasteiger partial charge in [0.1, 0.15) is 11.5 Å². The molecule has 0 N–H and O–H groups in total. The van der Waals surface area contributed by atoms with Crippen molar-refractivity contribution in [3.8, 4) is 11.3 Å². The first-order valence-corrected chi connectivity index (χ1v) is 4.35. The molecule has 1 aromatic carbocycles. The molecule has 0 aliphatic carbocycles. The lowest BCUT2D eigenvalue weighted by Crippen LogP contribution is -1.87. The van der Waals surface area contributed by atoms with E-state index in [1.807, 2.05) is 0 Å². The molecule has 76 valence electrons. The maximum atomic E-state index is 10.6. The number of nitro benzene ring substituents is 1. The number of non-ortho nitro benzene ring substituents is 1. The SMILES string of the molecule is Cc1cc(-c2cccc([N+](=O)[O-])c2)no1. The van der Waals surface area contributed by atoms with Crippen LogP contribution in [0.25, 0.3) is 11.3 Å². The summed E-state index contributed by atoms with van der Waals surface area (Å²) < 4.78 is 4.90. The molecule has 0 saturated heterocycles. The summed E-state index contributed by atoms with van der Waals surface area (Å²) in [6, 6.07) is 8.02. The van der Waals surface area contributed by atoms with Gasteiger partial charge in [0.05, 0.1) is 4.92 Å². The molecule has 15 heavy (non-hydrogen) atoms. The highest BCUT2D eigenvalue weighted by Crippen LogP contribution is 2.23. The van der Waals surface area contributed by atoms with Crippen LogP contribution in [0.2, 0.25) is 0 Å². The van der Waals surface area contributed by atoms with E-state index in [1.54, 1.807) is 25.1 Å². The number of hydrogen-bond acceptors (Lipinski definition) is 4. The highest BCUT2D eigenvalue weighted by Gasteiger charge is 2.09. The number of nitrogens with zero attached hydrogens (tertiary/aromatic N) is 2. The lowest BCUT2D eigenvalue weighted by molar-refractivity contribution is -0.384. The highest BCUT2D eigenvalue weighted by atomic mass is 16.6. The van der Waals surface area contributed by atoms with E-state index >= 15 is 0 Å². The summed E-state index contributed by atoms with van der Waals surface area (Å²) in [5, 5.41) is 14.3. The molecule has 0 aliphatic heterocycles. The van der Waals surface area contributed by atoms with Crippen molar-refractivity contribution in [3.63, 3.8) is 0 Å². The fourth-order valence-corrected chi connectivity index (χ4v) is 1.28. The van der Waals surface area contributed by atoms with E-state index < -0.39 is 4.92 Å². The van der Waals surface area contributed by atoms with Crippen LogP contribution in [0.4, 0.5) is 5.69 Å². The molecule has 0 spiro atoms. The molecule has 2 rings (SSSR count). The topological polar surface area (TPSA) is 69.2 Å². The van der Waals surface area contributed by atoms with Crippen LogP contribution in [0.15, 0.2) is 34.9 Å². The molecule has 5 nitrogen and oxygen atoms in total. The number of hydrogen-bond donors (Lipinski definition) is 0. The predicted molar refractivity (Wildman–Crippen MR) is 53.3 cm³/mol. The van der Waals surface area contributed by atoms with Gasteiger partial charge in [0.2, 0.25) is 0 Å². The molecule has 2 aromatic rings. The van der Waals surface area contributed by atoms with Gasteiger partial charge in [-0.1, -0.05) is 17.3 Å². The van der Waals surface area contributed by atoms with Crippen LogP contribution in [0.3, 0.4) is 0 Å². The number of aryl methyl sites for hydroxylation is 1. The Balaban J connectivity index is 2.45. The second-order valence-corrected chi connectivity index (χ2v) is 3.13. The van der Waals surface area contributed by atoms with Crippen LogP contribution >= 0.6 is 0 Å². The summed E-state index contributed by atoms with van der Waals surface area (Å²) in [6.45, 7) is 1.77. The smallest absolute Gasteiger partial charge is 0.270 e. The van der Waals surface area contributed by atoms with Crippen LogP contribution in [0.1, 0.15) is 5.76 Å². The average molecular weight is 204 g/mol. The van der Waals surface area contributed by atoms with Gasteiger partial charge < -0.3 is 4.52 Å². The first-order chi connectivity index (χ1) is 7.16. The fraction of sp³-hybridized carbons (Fsp3) is 0.100. The lowest BCUT2D eigenvalue weighted by Gasteiger charge is -1.94. The number of rotatable bonds is 2. The van der Waals surface area contributed by atoms with Crippen molar-refractivity contribution in [2.45, 2.75) is 6.92 Å². The molecule has 0 amide bonds. The summed E-state index contributed by atoms with van der Waals surface area (Å²) in [7, 11) is 0. The number of benzene rings is 1. The Labute approximate surface area is 85.5 Å². The Kier molecular flexibility index (Phi) is 2.21. The third-order valence-electron chi connectivity index (χ3n) is 1.98. The van der Waals surface area contributed by atoms with Gasteiger partial charge in [-0.25, -0.2) is 0 Å². The van der Waals surface area contributed by atoms with Gasteiger partial charge in [0.15, 0.2) is 0 Å². The summed E-state index contributed by atoms with van der Waals surface area (Å²) in [5.74, 6) is 0.677. The van der Waals surface area contributed by atoms with Crippen LogP contribution in [-0.4, -0.2) is 10.1 Å². The Morgan fingerprint density at radius 1 is 1.40 bits per heavy atom. The standard InChI is InChI=1S/C10H8N2O3/c1-7-5-10(11-15-7)8-3-2-4-9(6-8)12(13)14/h2-6H,1H3. The molecular formula is C10H8N2O3. The van der Waals surface area contributed by atoms with Crippen LogP contribution in [-0.2, 0) is 0 Å². The second-order valence-electron chi connectivity index (χ2n) is 3.13. The van der Waals surface area contributed by atoms with Crippen LogP contribution < -0.4 is 0 Å². The fourth-order valence-electron chi connectivity index (χ4n) is 1.28. The van der Waals surface area contributed by atoms with E-state index in [1.165, 1.54) is 12.1 Å². The predicted octanol–water partition coefficient (Wildman–Crippen LogP) is 2.56. The van der Waals surface area contributed by atoms with Gasteiger partial charge in [0, 0.05) is 23.8 Å². The zero-order valence-electron chi connectivity index (χ0n) is 8.01. The zero-order chi connectivity index (χ0) is 10.8. The molecule has 0 saturated carbocycles. The molecule has 1 aromatic heterocycles. The Morgan fingerprint density at radius 3 is 2.80 bits per heavy atom. The van der Waals surface area contributed by atoms with Gasteiger partial charge in [-0.3, -0.25) is 10.1 Å².